The molecule has 0 fully saturated rings. The summed E-state index contributed by atoms with van der Waals surface area (Å²) in [5, 5.41) is 3.01. The van der Waals surface area contributed by atoms with Gasteiger partial charge in [0.25, 0.3) is 0 Å². The van der Waals surface area contributed by atoms with Crippen molar-refractivity contribution in [1.29, 1.82) is 0 Å². The van der Waals surface area contributed by atoms with Crippen molar-refractivity contribution in [3.05, 3.63) is 29.8 Å². The Morgan fingerprint density at radius 3 is 2.38 bits per heavy atom. The molecule has 114 valence electrons. The number of Topliss-reactive ketones (excluding diaryl/α,β-unsaturated/α-hetero) is 1. The third-order valence-electron chi connectivity index (χ3n) is 2.23. The zero-order chi connectivity index (χ0) is 15.8. The van der Waals surface area contributed by atoms with Crippen molar-refractivity contribution in [2.45, 2.75) is 6.92 Å². The number of benzene rings is 1. The molecule has 0 aliphatic heterocycles. The zero-order valence-corrected chi connectivity index (χ0v) is 12.0. The first-order valence-electron chi connectivity index (χ1n) is 5.70. The quantitative estimate of drug-likeness (QED) is 0.181. The Balaban J connectivity index is 3.05. The summed E-state index contributed by atoms with van der Waals surface area (Å²) in [5.74, 6) is -1.40. The Labute approximate surface area is 123 Å². The lowest BCUT2D eigenvalue weighted by atomic mass is 10.1. The molecule has 9 heteroatoms. The standard InChI is InChI=1S/C12H13NO7S/c1-3-19-12(15)10(13-20-21(16)17)11(14)8-4-6-9(18-2)7-5-8/h4-7H,3H2,1-2H3,(H,16,17)/p-1/b13-10-. The molecule has 1 aromatic rings. The van der Waals surface area contributed by atoms with E-state index in [1.54, 1.807) is 0 Å². The van der Waals surface area contributed by atoms with Crippen molar-refractivity contribution in [1.82, 2.24) is 0 Å². The van der Waals surface area contributed by atoms with Gasteiger partial charge in [0.1, 0.15) is 5.75 Å². The number of rotatable bonds is 7. The molecule has 1 unspecified atom stereocenters. The minimum absolute atomic E-state index is 0.00574. The third-order valence-corrected chi connectivity index (χ3v) is 2.42. The molecule has 0 bridgehead atoms. The number of methoxy groups -OCH3 is 1. The van der Waals surface area contributed by atoms with E-state index in [1.807, 2.05) is 0 Å². The fourth-order valence-electron chi connectivity index (χ4n) is 1.32. The first-order chi connectivity index (χ1) is 9.99. The van der Waals surface area contributed by atoms with E-state index in [0.29, 0.717) is 5.75 Å². The maximum absolute atomic E-state index is 12.1. The Morgan fingerprint density at radius 1 is 1.29 bits per heavy atom. The molecular weight excluding hydrogens is 302 g/mol. The Hall–Kier alpha value is -2.26. The molecule has 1 aromatic carbocycles. The molecule has 0 aliphatic carbocycles. The number of ketones is 1. The van der Waals surface area contributed by atoms with Gasteiger partial charge in [-0.15, -0.1) is 0 Å². The van der Waals surface area contributed by atoms with Crippen molar-refractivity contribution < 1.29 is 32.1 Å². The van der Waals surface area contributed by atoms with Crippen LogP contribution in [0.1, 0.15) is 17.3 Å². The second-order valence-corrected chi connectivity index (χ2v) is 4.05. The largest absolute Gasteiger partial charge is 0.738 e. The van der Waals surface area contributed by atoms with Crippen molar-refractivity contribution in [2.24, 2.45) is 5.16 Å². The van der Waals surface area contributed by atoms with Gasteiger partial charge in [0, 0.05) is 5.56 Å². The number of carbonyl (C=O) groups excluding carboxylic acids is 2. The summed E-state index contributed by atoms with van der Waals surface area (Å²) in [6, 6.07) is 5.79. The van der Waals surface area contributed by atoms with Crippen molar-refractivity contribution in [3.8, 4) is 5.75 Å². The summed E-state index contributed by atoms with van der Waals surface area (Å²) >= 11 is -3.00. The molecule has 0 spiro atoms. The molecule has 21 heavy (non-hydrogen) atoms. The summed E-state index contributed by atoms with van der Waals surface area (Å²) in [7, 11) is 1.46. The molecule has 0 aromatic heterocycles. The average Bonchev–Trinajstić information content (AvgIpc) is 2.47. The molecular formula is C12H12NO7S-. The monoisotopic (exact) mass is 314 g/mol. The van der Waals surface area contributed by atoms with E-state index in [9.17, 15) is 18.4 Å². The molecule has 0 aliphatic rings. The Bertz CT molecular complexity index is 567. The van der Waals surface area contributed by atoms with Crippen LogP contribution in [0.15, 0.2) is 29.4 Å². The van der Waals surface area contributed by atoms with E-state index in [-0.39, 0.29) is 12.2 Å². The molecule has 0 heterocycles. The maximum atomic E-state index is 12.1. The van der Waals surface area contributed by atoms with Gasteiger partial charge in [-0.05, 0) is 31.2 Å². The number of carbonyl (C=O) groups is 2. The van der Waals surface area contributed by atoms with Gasteiger partial charge in [-0.3, -0.25) is 4.79 Å². The van der Waals surface area contributed by atoms with Gasteiger partial charge >= 0.3 is 5.97 Å². The molecule has 1 rings (SSSR count). The lowest BCUT2D eigenvalue weighted by Gasteiger charge is -2.06. The molecule has 0 N–H and O–H groups in total. The van der Waals surface area contributed by atoms with Crippen LogP contribution < -0.4 is 4.74 Å². The van der Waals surface area contributed by atoms with Crippen LogP contribution in [0.5, 0.6) is 5.75 Å². The fourth-order valence-corrected chi connectivity index (χ4v) is 1.45. The summed E-state index contributed by atoms with van der Waals surface area (Å²) in [5.41, 5.74) is -0.672. The molecule has 0 saturated carbocycles. The predicted molar refractivity (Wildman–Crippen MR) is 71.4 cm³/mol. The summed E-state index contributed by atoms with van der Waals surface area (Å²) < 4.78 is 34.1. The molecule has 8 nitrogen and oxygen atoms in total. The maximum Gasteiger partial charge on any atom is 0.364 e. The first-order valence-corrected chi connectivity index (χ1v) is 6.70. The number of hydrogen-bond donors (Lipinski definition) is 0. The Kier molecular flexibility index (Phi) is 6.50. The average molecular weight is 314 g/mol. The van der Waals surface area contributed by atoms with Crippen molar-refractivity contribution in [2.75, 3.05) is 13.7 Å². The second-order valence-electron chi connectivity index (χ2n) is 3.50. The minimum atomic E-state index is -3.00. The van der Waals surface area contributed by atoms with E-state index < -0.39 is 28.8 Å². The Morgan fingerprint density at radius 2 is 1.90 bits per heavy atom. The van der Waals surface area contributed by atoms with Gasteiger partial charge in [-0.25, -0.2) is 9.00 Å². The van der Waals surface area contributed by atoms with Gasteiger partial charge in [0.05, 0.1) is 13.7 Å². The highest BCUT2D eigenvalue weighted by Crippen LogP contribution is 2.12. The summed E-state index contributed by atoms with van der Waals surface area (Å²) in [6.45, 7) is 1.52. The summed E-state index contributed by atoms with van der Waals surface area (Å²) in [4.78, 5) is 23.7. The lowest BCUT2D eigenvalue weighted by Crippen LogP contribution is -2.27. The van der Waals surface area contributed by atoms with Crippen LogP contribution in [0.3, 0.4) is 0 Å². The highest BCUT2D eigenvalue weighted by Gasteiger charge is 2.24. The van der Waals surface area contributed by atoms with Crippen LogP contribution in [0, 0.1) is 0 Å². The van der Waals surface area contributed by atoms with Crippen LogP contribution in [-0.2, 0) is 25.2 Å². The number of nitrogens with zero attached hydrogens (tertiary/aromatic N) is 1. The molecule has 1 atom stereocenters. The van der Waals surface area contributed by atoms with Crippen LogP contribution in [0.25, 0.3) is 0 Å². The second kappa shape index (κ2) is 8.12. The highest BCUT2D eigenvalue weighted by atomic mass is 32.2. The van der Waals surface area contributed by atoms with Crippen LogP contribution in [0.2, 0.25) is 0 Å². The van der Waals surface area contributed by atoms with Crippen molar-refractivity contribution in [3.63, 3.8) is 0 Å². The SMILES string of the molecule is CCOC(=O)/C(=N\OS(=O)[O-])C(=O)c1ccc(OC)cc1. The van der Waals surface area contributed by atoms with Gasteiger partial charge in [0.15, 0.2) is 11.4 Å². The van der Waals surface area contributed by atoms with E-state index in [2.05, 4.69) is 14.2 Å². The van der Waals surface area contributed by atoms with Gasteiger partial charge in [-0.1, -0.05) is 5.16 Å². The topological polar surface area (TPSA) is 114 Å². The number of oxime groups is 1. The van der Waals surface area contributed by atoms with Gasteiger partial charge in [0.2, 0.25) is 11.5 Å². The molecule has 0 amide bonds. The molecule has 0 radical (unpaired) electrons. The van der Waals surface area contributed by atoms with Crippen molar-refractivity contribution >= 4 is 28.8 Å². The normalized spacial score (nSPS) is 12.4. The third kappa shape index (κ3) is 4.97. The number of esters is 1. The lowest BCUT2D eigenvalue weighted by molar-refractivity contribution is -0.135. The number of ether oxygens (including phenoxy) is 2. The van der Waals surface area contributed by atoms with E-state index >= 15 is 0 Å². The van der Waals surface area contributed by atoms with Crippen LogP contribution in [0.4, 0.5) is 0 Å². The van der Waals surface area contributed by atoms with Gasteiger partial charge in [-0.2, -0.15) is 0 Å². The smallest absolute Gasteiger partial charge is 0.364 e. The van der Waals surface area contributed by atoms with E-state index in [1.165, 1.54) is 38.3 Å². The zero-order valence-electron chi connectivity index (χ0n) is 11.2. The first kappa shape index (κ1) is 16.8. The predicted octanol–water partition coefficient (Wildman–Crippen LogP) is 0.608. The van der Waals surface area contributed by atoms with E-state index in [0.717, 1.165) is 0 Å². The molecule has 0 saturated heterocycles. The fraction of sp³-hybridized carbons (Fsp3) is 0.250. The van der Waals surface area contributed by atoms with Gasteiger partial charge < -0.3 is 18.3 Å². The van der Waals surface area contributed by atoms with E-state index in [4.69, 9.17) is 4.74 Å². The number of hydrogen-bond acceptors (Lipinski definition) is 8. The van der Waals surface area contributed by atoms with Crippen LogP contribution >= 0.6 is 0 Å². The van der Waals surface area contributed by atoms with Crippen LogP contribution in [-0.4, -0.2) is 39.9 Å². The minimum Gasteiger partial charge on any atom is -0.738 e. The highest BCUT2D eigenvalue weighted by molar-refractivity contribution is 7.74. The summed E-state index contributed by atoms with van der Waals surface area (Å²) in [6.07, 6.45) is 0.